The number of amides is 1. The third kappa shape index (κ3) is 6.80. The number of carbonyl (C=O) groups excluding carboxylic acids is 1. The van der Waals surface area contributed by atoms with Crippen molar-refractivity contribution in [3.05, 3.63) is 93.7 Å². The average molecular weight is 582 g/mol. The fourth-order valence-electron chi connectivity index (χ4n) is 4.73. The van der Waals surface area contributed by atoms with Crippen LogP contribution in [0, 0.1) is 10.1 Å². The number of alkyl halides is 3. The standard InChI is InChI=1S/C26H26F3N3O7S/c1-40(36,37)39-23-11-10-21(20-7-3-2-4-8-20)17-25(23,32(34)35)24(33)31-14-12-30(13-15-31)18-19-6-5-9-22(16-19)38-26(27,28)29/h2-11,16H,12-15,17-18H2,1H3. The SMILES string of the molecule is CS(=O)(=O)OC1=CC=C(c2ccccc2)CC1(C(=O)N1CCN(Cc2cccc(OC(F)(F)F)c2)CC1)[N+](=O)[O-]. The summed E-state index contributed by atoms with van der Waals surface area (Å²) in [4.78, 5) is 28.8. The highest BCUT2D eigenvalue weighted by Crippen LogP contribution is 2.40. The van der Waals surface area contributed by atoms with Gasteiger partial charge < -0.3 is 13.8 Å². The number of rotatable bonds is 8. The molecule has 2 aliphatic rings. The van der Waals surface area contributed by atoms with Gasteiger partial charge >= 0.3 is 27.9 Å². The van der Waals surface area contributed by atoms with Crippen LogP contribution in [0.2, 0.25) is 0 Å². The van der Waals surface area contributed by atoms with Gasteiger partial charge in [0.2, 0.25) is 5.76 Å². The van der Waals surface area contributed by atoms with Crippen LogP contribution in [0.5, 0.6) is 5.75 Å². The minimum Gasteiger partial charge on any atom is -0.406 e. The first-order valence-electron chi connectivity index (χ1n) is 12.1. The second-order valence-corrected chi connectivity index (χ2v) is 11.0. The van der Waals surface area contributed by atoms with Crippen molar-refractivity contribution in [1.82, 2.24) is 9.80 Å². The summed E-state index contributed by atoms with van der Waals surface area (Å²) < 4.78 is 70.6. The largest absolute Gasteiger partial charge is 0.573 e. The van der Waals surface area contributed by atoms with Gasteiger partial charge in [0.25, 0.3) is 0 Å². The molecular weight excluding hydrogens is 555 g/mol. The molecule has 1 saturated heterocycles. The Hall–Kier alpha value is -3.91. The third-order valence-electron chi connectivity index (χ3n) is 6.54. The number of carbonyl (C=O) groups is 1. The van der Waals surface area contributed by atoms with E-state index >= 15 is 0 Å². The van der Waals surface area contributed by atoms with E-state index in [0.29, 0.717) is 16.7 Å². The Balaban J connectivity index is 1.53. The molecule has 40 heavy (non-hydrogen) atoms. The molecule has 1 heterocycles. The summed E-state index contributed by atoms with van der Waals surface area (Å²) in [5.41, 5.74) is -0.849. The van der Waals surface area contributed by atoms with E-state index in [1.54, 1.807) is 36.4 Å². The zero-order chi connectivity index (χ0) is 29.1. The maximum absolute atomic E-state index is 13.8. The molecule has 1 atom stereocenters. The monoisotopic (exact) mass is 581 g/mol. The van der Waals surface area contributed by atoms with Gasteiger partial charge in [-0.1, -0.05) is 48.5 Å². The molecule has 1 unspecified atom stereocenters. The summed E-state index contributed by atoms with van der Waals surface area (Å²) in [6.45, 7) is 0.961. The number of hydrogen-bond acceptors (Lipinski definition) is 8. The van der Waals surface area contributed by atoms with Crippen molar-refractivity contribution >= 4 is 21.6 Å². The highest BCUT2D eigenvalue weighted by molar-refractivity contribution is 7.86. The van der Waals surface area contributed by atoms with E-state index in [0.717, 1.165) is 12.3 Å². The van der Waals surface area contributed by atoms with Crippen LogP contribution in [0.3, 0.4) is 0 Å². The Bertz CT molecular complexity index is 1440. The van der Waals surface area contributed by atoms with Gasteiger partial charge in [-0.15, -0.1) is 13.2 Å². The molecule has 14 heteroatoms. The molecule has 1 amide bonds. The molecule has 1 fully saturated rings. The predicted octanol–water partition coefficient (Wildman–Crippen LogP) is 3.59. The molecule has 4 rings (SSSR count). The molecular formula is C26H26F3N3O7S. The fourth-order valence-corrected chi connectivity index (χ4v) is 5.25. The Labute approximate surface area is 228 Å². The van der Waals surface area contributed by atoms with Crippen molar-refractivity contribution in [3.63, 3.8) is 0 Å². The van der Waals surface area contributed by atoms with Gasteiger partial charge in [0.05, 0.1) is 12.7 Å². The van der Waals surface area contributed by atoms with Crippen LogP contribution in [0.15, 0.2) is 72.5 Å². The van der Waals surface area contributed by atoms with Crippen LogP contribution in [0.1, 0.15) is 17.5 Å². The number of nitrogens with zero attached hydrogens (tertiary/aromatic N) is 3. The molecule has 0 N–H and O–H groups in total. The minimum atomic E-state index is -4.82. The Kier molecular flexibility index (Phi) is 8.21. The Morgan fingerprint density at radius 2 is 1.73 bits per heavy atom. The summed E-state index contributed by atoms with van der Waals surface area (Å²) in [5, 5.41) is 12.6. The van der Waals surface area contributed by atoms with Crippen LogP contribution >= 0.6 is 0 Å². The molecule has 1 aliphatic heterocycles. The van der Waals surface area contributed by atoms with Crippen LogP contribution < -0.4 is 4.74 Å². The summed E-state index contributed by atoms with van der Waals surface area (Å²) in [6, 6.07) is 14.2. The van der Waals surface area contributed by atoms with Crippen LogP contribution in [-0.4, -0.2) is 73.4 Å². The lowest BCUT2D eigenvalue weighted by Gasteiger charge is -2.38. The highest BCUT2D eigenvalue weighted by atomic mass is 32.2. The van der Waals surface area contributed by atoms with Crippen molar-refractivity contribution < 1.29 is 40.2 Å². The van der Waals surface area contributed by atoms with Gasteiger partial charge in [-0.05, 0) is 34.9 Å². The van der Waals surface area contributed by atoms with Crippen molar-refractivity contribution in [2.45, 2.75) is 24.9 Å². The molecule has 0 bridgehead atoms. The molecule has 10 nitrogen and oxygen atoms in total. The molecule has 0 spiro atoms. The number of hydrogen-bond donors (Lipinski definition) is 0. The molecule has 0 saturated carbocycles. The minimum absolute atomic E-state index is 0.0731. The summed E-state index contributed by atoms with van der Waals surface area (Å²) in [7, 11) is -4.19. The number of allylic oxidation sites excluding steroid dienone is 2. The van der Waals surface area contributed by atoms with E-state index in [4.69, 9.17) is 4.18 Å². The third-order valence-corrected chi connectivity index (χ3v) is 7.02. The second kappa shape index (κ2) is 11.3. The van der Waals surface area contributed by atoms with E-state index in [2.05, 4.69) is 4.74 Å². The first kappa shape index (κ1) is 29.1. The number of benzene rings is 2. The molecule has 0 aromatic heterocycles. The highest BCUT2D eigenvalue weighted by Gasteiger charge is 2.60. The summed E-state index contributed by atoms with van der Waals surface area (Å²) in [5.74, 6) is -1.85. The lowest BCUT2D eigenvalue weighted by atomic mass is 9.81. The molecule has 0 radical (unpaired) electrons. The van der Waals surface area contributed by atoms with Crippen LogP contribution in [0.4, 0.5) is 13.2 Å². The first-order chi connectivity index (χ1) is 18.8. The molecule has 214 valence electrons. The van der Waals surface area contributed by atoms with Gasteiger partial charge in [-0.3, -0.25) is 19.8 Å². The predicted molar refractivity (Wildman–Crippen MR) is 138 cm³/mol. The average Bonchev–Trinajstić information content (AvgIpc) is 2.88. The summed E-state index contributed by atoms with van der Waals surface area (Å²) in [6.07, 6.45) is -1.84. The van der Waals surface area contributed by atoms with Gasteiger partial charge in [0.1, 0.15) is 5.75 Å². The van der Waals surface area contributed by atoms with E-state index in [9.17, 15) is 36.5 Å². The zero-order valence-electron chi connectivity index (χ0n) is 21.3. The van der Waals surface area contributed by atoms with Crippen molar-refractivity contribution in [2.24, 2.45) is 0 Å². The van der Waals surface area contributed by atoms with Gasteiger partial charge in [-0.25, -0.2) is 0 Å². The van der Waals surface area contributed by atoms with Crippen molar-refractivity contribution in [1.29, 1.82) is 0 Å². The van der Waals surface area contributed by atoms with Gasteiger partial charge in [0.15, 0.2) is 0 Å². The maximum Gasteiger partial charge on any atom is 0.573 e. The fraction of sp³-hybridized carbons (Fsp3) is 0.346. The van der Waals surface area contributed by atoms with E-state index in [1.165, 1.54) is 29.2 Å². The van der Waals surface area contributed by atoms with Crippen molar-refractivity contribution in [2.75, 3.05) is 32.4 Å². The van der Waals surface area contributed by atoms with Crippen molar-refractivity contribution in [3.8, 4) is 5.75 Å². The first-order valence-corrected chi connectivity index (χ1v) is 14.0. The van der Waals surface area contributed by atoms with Crippen LogP contribution in [-0.2, 0) is 25.6 Å². The van der Waals surface area contributed by atoms with E-state index in [-0.39, 0.29) is 38.5 Å². The number of halogens is 3. The van der Waals surface area contributed by atoms with E-state index in [1.807, 2.05) is 4.90 Å². The van der Waals surface area contributed by atoms with Crippen LogP contribution in [0.25, 0.3) is 5.57 Å². The normalized spacial score (nSPS) is 20.4. The Morgan fingerprint density at radius 3 is 2.33 bits per heavy atom. The van der Waals surface area contributed by atoms with Gasteiger partial charge in [-0.2, -0.15) is 8.42 Å². The number of ether oxygens (including phenoxy) is 1. The quantitative estimate of drug-likeness (QED) is 0.264. The molecule has 2 aromatic rings. The number of piperazine rings is 1. The smallest absolute Gasteiger partial charge is 0.406 e. The Morgan fingerprint density at radius 1 is 1.05 bits per heavy atom. The number of nitro groups is 1. The zero-order valence-corrected chi connectivity index (χ0v) is 22.2. The lowest BCUT2D eigenvalue weighted by molar-refractivity contribution is -0.545. The van der Waals surface area contributed by atoms with Gasteiger partial charge in [0, 0.05) is 37.6 Å². The maximum atomic E-state index is 13.8. The van der Waals surface area contributed by atoms with E-state index < -0.39 is 45.0 Å². The lowest BCUT2D eigenvalue weighted by Crippen LogP contribution is -2.60. The molecule has 2 aromatic carbocycles. The molecule has 1 aliphatic carbocycles. The summed E-state index contributed by atoms with van der Waals surface area (Å²) >= 11 is 0. The second-order valence-electron chi connectivity index (χ2n) is 9.43. The topological polar surface area (TPSA) is 119 Å².